The Morgan fingerprint density at radius 3 is 2.44 bits per heavy atom. The second kappa shape index (κ2) is 5.88. The molecule has 0 bridgehead atoms. The van der Waals surface area contributed by atoms with Gasteiger partial charge in [-0.05, 0) is 13.3 Å². The Labute approximate surface area is 104 Å². The number of halogens is 3. The number of ether oxygens (including phenoxy) is 1. The van der Waals surface area contributed by atoms with Crippen LogP contribution in [0.2, 0.25) is 0 Å². The topological polar surface area (TPSA) is 47.0 Å². The van der Waals surface area contributed by atoms with Crippen molar-refractivity contribution in [1.82, 2.24) is 9.97 Å². The van der Waals surface area contributed by atoms with Crippen molar-refractivity contribution in [3.05, 3.63) is 11.4 Å². The van der Waals surface area contributed by atoms with Gasteiger partial charge < -0.3 is 10.1 Å². The predicted octanol–water partition coefficient (Wildman–Crippen LogP) is 2.72. The summed E-state index contributed by atoms with van der Waals surface area (Å²) >= 11 is 0. The standard InChI is InChI=1S/C11H16F3N3O/c1-4-5-8-16-9(15-3)7(2)10(17-8)18-6-11(12,13)14/h4-6H2,1-3H3,(H,15,16,17). The van der Waals surface area contributed by atoms with Gasteiger partial charge in [0.1, 0.15) is 11.6 Å². The Hall–Kier alpha value is -1.53. The highest BCUT2D eigenvalue weighted by atomic mass is 19.4. The molecular formula is C11H16F3N3O. The zero-order chi connectivity index (χ0) is 13.8. The van der Waals surface area contributed by atoms with Gasteiger partial charge in [0.25, 0.3) is 0 Å². The summed E-state index contributed by atoms with van der Waals surface area (Å²) in [5, 5.41) is 2.82. The number of rotatable bonds is 5. The molecule has 1 N–H and O–H groups in total. The molecule has 102 valence electrons. The van der Waals surface area contributed by atoms with Crippen molar-refractivity contribution < 1.29 is 17.9 Å². The summed E-state index contributed by atoms with van der Waals surface area (Å²) in [6, 6.07) is 0. The molecule has 4 nitrogen and oxygen atoms in total. The van der Waals surface area contributed by atoms with Gasteiger partial charge in [0.2, 0.25) is 5.88 Å². The summed E-state index contributed by atoms with van der Waals surface area (Å²) in [5.74, 6) is 0.949. The normalized spacial score (nSPS) is 11.4. The second-order valence-corrected chi connectivity index (χ2v) is 3.82. The number of alkyl halides is 3. The van der Waals surface area contributed by atoms with Gasteiger partial charge in [-0.25, -0.2) is 4.98 Å². The molecular weight excluding hydrogens is 247 g/mol. The molecule has 0 aliphatic heterocycles. The van der Waals surface area contributed by atoms with E-state index < -0.39 is 12.8 Å². The summed E-state index contributed by atoms with van der Waals surface area (Å²) in [6.07, 6.45) is -2.97. The smallest absolute Gasteiger partial charge is 0.422 e. The Kier molecular flexibility index (Phi) is 4.75. The second-order valence-electron chi connectivity index (χ2n) is 3.82. The van der Waals surface area contributed by atoms with Crippen molar-refractivity contribution in [2.24, 2.45) is 0 Å². The molecule has 0 spiro atoms. The first kappa shape index (κ1) is 14.5. The van der Waals surface area contributed by atoms with E-state index >= 15 is 0 Å². The first-order valence-electron chi connectivity index (χ1n) is 5.62. The molecule has 0 fully saturated rings. The van der Waals surface area contributed by atoms with Gasteiger partial charge in [-0.3, -0.25) is 0 Å². The van der Waals surface area contributed by atoms with Crippen LogP contribution in [-0.2, 0) is 6.42 Å². The van der Waals surface area contributed by atoms with Gasteiger partial charge >= 0.3 is 6.18 Å². The maximum atomic E-state index is 12.1. The molecule has 1 aromatic rings. The average molecular weight is 263 g/mol. The average Bonchev–Trinajstić information content (AvgIpc) is 2.28. The summed E-state index contributed by atoms with van der Waals surface area (Å²) in [4.78, 5) is 8.20. The number of anilines is 1. The van der Waals surface area contributed by atoms with Gasteiger partial charge in [-0.1, -0.05) is 6.92 Å². The SMILES string of the molecule is CCCc1nc(NC)c(C)c(OCC(F)(F)F)n1. The zero-order valence-corrected chi connectivity index (χ0v) is 10.6. The molecule has 0 saturated heterocycles. The zero-order valence-electron chi connectivity index (χ0n) is 10.6. The molecule has 0 aliphatic rings. The highest BCUT2D eigenvalue weighted by molar-refractivity contribution is 5.48. The minimum Gasteiger partial charge on any atom is -0.468 e. The molecule has 1 heterocycles. The van der Waals surface area contributed by atoms with Crippen LogP contribution >= 0.6 is 0 Å². The van der Waals surface area contributed by atoms with E-state index in [-0.39, 0.29) is 5.88 Å². The number of hydrogen-bond donors (Lipinski definition) is 1. The van der Waals surface area contributed by atoms with E-state index in [0.29, 0.717) is 23.6 Å². The molecule has 7 heteroatoms. The van der Waals surface area contributed by atoms with Crippen molar-refractivity contribution in [2.75, 3.05) is 19.0 Å². The highest BCUT2D eigenvalue weighted by Gasteiger charge is 2.29. The highest BCUT2D eigenvalue weighted by Crippen LogP contribution is 2.24. The Balaban J connectivity index is 2.97. The quantitative estimate of drug-likeness (QED) is 0.887. The van der Waals surface area contributed by atoms with Crippen LogP contribution in [0, 0.1) is 6.92 Å². The molecule has 0 aromatic carbocycles. The van der Waals surface area contributed by atoms with Crippen LogP contribution in [-0.4, -0.2) is 29.8 Å². The van der Waals surface area contributed by atoms with Crippen LogP contribution in [0.5, 0.6) is 5.88 Å². The Morgan fingerprint density at radius 2 is 1.94 bits per heavy atom. The van der Waals surface area contributed by atoms with Crippen molar-refractivity contribution in [1.29, 1.82) is 0 Å². The van der Waals surface area contributed by atoms with Crippen molar-refractivity contribution in [3.63, 3.8) is 0 Å². The van der Waals surface area contributed by atoms with Gasteiger partial charge in [-0.2, -0.15) is 18.2 Å². The van der Waals surface area contributed by atoms with Gasteiger partial charge in [-0.15, -0.1) is 0 Å². The summed E-state index contributed by atoms with van der Waals surface area (Å²) in [5.41, 5.74) is 0.474. The third-order valence-corrected chi connectivity index (χ3v) is 2.23. The minimum absolute atomic E-state index is 0.0184. The van der Waals surface area contributed by atoms with Crippen LogP contribution in [0.15, 0.2) is 0 Å². The lowest BCUT2D eigenvalue weighted by molar-refractivity contribution is -0.154. The molecule has 1 rings (SSSR count). The molecule has 0 unspecified atom stereocenters. The molecule has 0 atom stereocenters. The van der Waals surface area contributed by atoms with Crippen LogP contribution in [0.1, 0.15) is 24.7 Å². The summed E-state index contributed by atoms with van der Waals surface area (Å²) < 4.78 is 41.1. The number of nitrogens with one attached hydrogen (secondary N) is 1. The predicted molar refractivity (Wildman–Crippen MR) is 61.9 cm³/mol. The minimum atomic E-state index is -4.37. The molecule has 1 aromatic heterocycles. The third kappa shape index (κ3) is 4.05. The summed E-state index contributed by atoms with van der Waals surface area (Å²) in [6.45, 7) is 2.21. The van der Waals surface area contributed by atoms with E-state index in [0.717, 1.165) is 6.42 Å². The van der Waals surface area contributed by atoms with Crippen LogP contribution in [0.4, 0.5) is 19.0 Å². The molecule has 18 heavy (non-hydrogen) atoms. The van der Waals surface area contributed by atoms with E-state index in [2.05, 4.69) is 15.3 Å². The lowest BCUT2D eigenvalue weighted by Gasteiger charge is -2.14. The first-order valence-corrected chi connectivity index (χ1v) is 5.62. The lowest BCUT2D eigenvalue weighted by atomic mass is 10.3. The van der Waals surface area contributed by atoms with E-state index in [4.69, 9.17) is 4.74 Å². The van der Waals surface area contributed by atoms with E-state index in [1.54, 1.807) is 14.0 Å². The number of nitrogens with zero attached hydrogens (tertiary/aromatic N) is 2. The third-order valence-electron chi connectivity index (χ3n) is 2.23. The number of hydrogen-bond acceptors (Lipinski definition) is 4. The first-order chi connectivity index (χ1) is 8.37. The molecule has 0 radical (unpaired) electrons. The monoisotopic (exact) mass is 263 g/mol. The Morgan fingerprint density at radius 1 is 1.28 bits per heavy atom. The van der Waals surface area contributed by atoms with Crippen molar-refractivity contribution >= 4 is 5.82 Å². The van der Waals surface area contributed by atoms with Gasteiger partial charge in [0, 0.05) is 13.5 Å². The van der Waals surface area contributed by atoms with Gasteiger partial charge in [0.05, 0.1) is 5.56 Å². The lowest BCUT2D eigenvalue weighted by Crippen LogP contribution is -2.20. The fourth-order valence-electron chi connectivity index (χ4n) is 1.41. The van der Waals surface area contributed by atoms with Crippen LogP contribution in [0.3, 0.4) is 0 Å². The number of aryl methyl sites for hydroxylation is 1. The van der Waals surface area contributed by atoms with Gasteiger partial charge in [0.15, 0.2) is 6.61 Å². The van der Waals surface area contributed by atoms with Crippen LogP contribution < -0.4 is 10.1 Å². The fraction of sp³-hybridized carbons (Fsp3) is 0.636. The largest absolute Gasteiger partial charge is 0.468 e. The maximum absolute atomic E-state index is 12.1. The van der Waals surface area contributed by atoms with Crippen molar-refractivity contribution in [3.8, 4) is 5.88 Å². The summed E-state index contributed by atoms with van der Waals surface area (Å²) in [7, 11) is 1.65. The van der Waals surface area contributed by atoms with E-state index in [1.807, 2.05) is 6.92 Å². The molecule has 0 aliphatic carbocycles. The molecule has 0 saturated carbocycles. The van der Waals surface area contributed by atoms with Crippen LogP contribution in [0.25, 0.3) is 0 Å². The van der Waals surface area contributed by atoms with E-state index in [1.165, 1.54) is 0 Å². The van der Waals surface area contributed by atoms with Crippen molar-refractivity contribution in [2.45, 2.75) is 32.9 Å². The van der Waals surface area contributed by atoms with E-state index in [9.17, 15) is 13.2 Å². The maximum Gasteiger partial charge on any atom is 0.422 e. The number of aromatic nitrogens is 2. The molecule has 0 amide bonds. The Bertz CT molecular complexity index is 407. The fourth-order valence-corrected chi connectivity index (χ4v) is 1.41.